The summed E-state index contributed by atoms with van der Waals surface area (Å²) in [6.07, 6.45) is 5.81. The quantitative estimate of drug-likeness (QED) is 0.177. The monoisotopic (exact) mass is 720 g/mol. The molecule has 14 nitrogen and oxygen atoms in total. The van der Waals surface area contributed by atoms with E-state index in [1.807, 2.05) is 27.7 Å². The van der Waals surface area contributed by atoms with E-state index in [-0.39, 0.29) is 52.8 Å². The van der Waals surface area contributed by atoms with Crippen molar-refractivity contribution in [1.82, 2.24) is 19.9 Å². The van der Waals surface area contributed by atoms with Crippen LogP contribution < -0.4 is 22.5 Å². The Morgan fingerprint density at radius 2 is 1.29 bits per heavy atom. The highest BCUT2D eigenvalue weighted by Crippen LogP contribution is 2.22. The Morgan fingerprint density at radius 1 is 0.822 bits per heavy atom. The number of nitrogens with two attached hydrogens (primary N) is 3. The van der Waals surface area contributed by atoms with E-state index in [4.69, 9.17) is 55.0 Å². The van der Waals surface area contributed by atoms with E-state index in [0.717, 1.165) is 71.2 Å². The molecule has 9 N–H and O–H groups in total. The minimum absolute atomic E-state index is 0. The van der Waals surface area contributed by atoms with Gasteiger partial charge in [-0.05, 0) is 66.2 Å². The van der Waals surface area contributed by atoms with E-state index in [9.17, 15) is 13.5 Å². The first-order chi connectivity index (χ1) is 20.6. The summed E-state index contributed by atoms with van der Waals surface area (Å²) in [5.41, 5.74) is 16.3. The molecule has 0 radical (unpaired) electrons. The van der Waals surface area contributed by atoms with Crippen LogP contribution in [0.3, 0.4) is 0 Å². The van der Waals surface area contributed by atoms with Gasteiger partial charge in [0.05, 0.1) is 12.2 Å². The molecule has 2 aliphatic carbocycles. The summed E-state index contributed by atoms with van der Waals surface area (Å²) in [6.45, 7) is 11.3. The van der Waals surface area contributed by atoms with Gasteiger partial charge in [-0.15, -0.1) is 12.4 Å². The zero-order valence-corrected chi connectivity index (χ0v) is 29.8. The van der Waals surface area contributed by atoms with Crippen LogP contribution in [0.2, 0.25) is 10.3 Å². The van der Waals surface area contributed by atoms with Gasteiger partial charge in [-0.3, -0.25) is 0 Å². The summed E-state index contributed by atoms with van der Waals surface area (Å²) in [7, 11) is -3.43. The van der Waals surface area contributed by atoms with Gasteiger partial charge in [0, 0.05) is 56.9 Å². The number of aliphatic hydroxyl groups excluding tert-OH is 2. The van der Waals surface area contributed by atoms with Crippen LogP contribution in [-0.4, -0.2) is 95.5 Å². The van der Waals surface area contributed by atoms with Crippen LogP contribution in [0, 0.1) is 0 Å². The van der Waals surface area contributed by atoms with Gasteiger partial charge >= 0.3 is 0 Å². The van der Waals surface area contributed by atoms with Crippen molar-refractivity contribution in [1.29, 1.82) is 0 Å². The average Bonchev–Trinajstić information content (AvgIpc) is 3.50. The van der Waals surface area contributed by atoms with Gasteiger partial charge in [0.1, 0.15) is 21.9 Å². The highest BCUT2D eigenvalue weighted by atomic mass is 35.5. The zero-order valence-electron chi connectivity index (χ0n) is 26.7. The molecule has 4 rings (SSSR count). The molecule has 4 atom stereocenters. The Labute approximate surface area is 283 Å². The molecule has 2 aromatic heterocycles. The number of hydrogen-bond donors (Lipinski definition) is 6. The molecule has 18 heteroatoms. The second kappa shape index (κ2) is 25.3. The van der Waals surface area contributed by atoms with Crippen LogP contribution in [0.25, 0.3) is 0 Å². The number of nitrogens with zero attached hydrogens (tertiary/aromatic N) is 4. The fourth-order valence-corrected chi connectivity index (χ4v) is 4.72. The third-order valence-corrected chi connectivity index (χ3v) is 6.97. The van der Waals surface area contributed by atoms with Gasteiger partial charge in [0.15, 0.2) is 0 Å². The number of nitrogen functional groups attached to an aromatic ring is 2. The summed E-state index contributed by atoms with van der Waals surface area (Å²) < 4.78 is 31.5. The van der Waals surface area contributed by atoms with E-state index >= 15 is 0 Å². The van der Waals surface area contributed by atoms with Crippen LogP contribution in [0.4, 0.5) is 17.6 Å². The molecule has 0 spiro atoms. The predicted octanol–water partition coefficient (Wildman–Crippen LogP) is 3.52. The second-order valence-corrected chi connectivity index (χ2v) is 12.4. The lowest BCUT2D eigenvalue weighted by Gasteiger charge is -2.12. The number of halogens is 3. The summed E-state index contributed by atoms with van der Waals surface area (Å²) in [5.74, 6) is 0.811. The Kier molecular flexibility index (Phi) is 25.5. The number of hydrogen-bond acceptors (Lipinski definition) is 14. The molecule has 0 bridgehead atoms. The minimum atomic E-state index is -3.43. The molecule has 2 heterocycles. The van der Waals surface area contributed by atoms with Crippen molar-refractivity contribution in [2.45, 2.75) is 95.7 Å². The number of rotatable bonds is 7. The van der Waals surface area contributed by atoms with Gasteiger partial charge in [-0.1, -0.05) is 23.2 Å². The minimum Gasteiger partial charge on any atom is -0.393 e. The van der Waals surface area contributed by atoms with Crippen molar-refractivity contribution in [2.75, 3.05) is 49.5 Å². The third kappa shape index (κ3) is 23.2. The first-order valence-corrected chi connectivity index (χ1v) is 17.1. The number of anilines is 3. The van der Waals surface area contributed by atoms with Gasteiger partial charge in [-0.25, -0.2) is 23.4 Å². The molecule has 0 aromatic carbocycles. The molecule has 2 aromatic rings. The predicted molar refractivity (Wildman–Crippen MR) is 183 cm³/mol. The molecule has 2 fully saturated rings. The molecule has 0 aliphatic heterocycles. The number of nitrogens with one attached hydrogen (secondary N) is 1. The van der Waals surface area contributed by atoms with Crippen LogP contribution in [-0.2, 0) is 19.3 Å². The molecule has 2 saturated carbocycles. The van der Waals surface area contributed by atoms with E-state index in [0.29, 0.717) is 16.9 Å². The average molecular weight is 722 g/mol. The second-order valence-electron chi connectivity index (χ2n) is 9.71. The van der Waals surface area contributed by atoms with Crippen molar-refractivity contribution < 1.29 is 28.1 Å². The summed E-state index contributed by atoms with van der Waals surface area (Å²) in [4.78, 5) is 15.0. The highest BCUT2D eigenvalue weighted by molar-refractivity contribution is 7.90. The molecular formula is C27H51Cl3N8O6S. The Morgan fingerprint density at radius 3 is 1.60 bits per heavy atom. The number of aromatic nitrogens is 4. The first kappa shape index (κ1) is 45.3. The molecule has 45 heavy (non-hydrogen) atoms. The van der Waals surface area contributed by atoms with Crippen LogP contribution in [0.5, 0.6) is 0 Å². The lowest BCUT2D eigenvalue weighted by molar-refractivity contribution is 0.162. The molecule has 262 valence electrons. The lowest BCUT2D eigenvalue weighted by Crippen LogP contribution is -2.18. The highest BCUT2D eigenvalue weighted by Gasteiger charge is 2.23. The third-order valence-electron chi connectivity index (χ3n) is 5.74. The Bertz CT molecular complexity index is 1110. The number of ether oxygens (including phenoxy) is 2. The standard InChI is InChI=1S/C9H13ClN4O.C5H6ClN3O2S.C5H11NO.2C4H10O.ClH/c10-7-4-8(11)14-9(13-7)12-5-1-2-6(15)3-5;1-12(10,11)5-8-3(6)2-4(7)9-5;6-4-1-2-5(7)3-4;2*1-3-5-4-2;/h4-6,15H,1-3H2,(H3,11,12,13,14);2H,1H3,(H2,7,8,9);4-5,7H,1-3,6H2;2*3-4H2,1-2H3;1H. The Hall–Kier alpha value is -1.82. The molecule has 2 aliphatic rings. The number of sulfone groups is 1. The molecule has 4 unspecified atom stereocenters. The van der Waals surface area contributed by atoms with Crippen LogP contribution in [0.1, 0.15) is 66.2 Å². The topological polar surface area (TPSA) is 235 Å². The fourth-order valence-electron chi connectivity index (χ4n) is 3.75. The van der Waals surface area contributed by atoms with Crippen molar-refractivity contribution in [3.63, 3.8) is 0 Å². The van der Waals surface area contributed by atoms with Gasteiger partial charge < -0.3 is 42.2 Å². The normalized spacial score (nSPS) is 20.0. The fraction of sp³-hybridized carbons (Fsp3) is 0.704. The number of aliphatic hydroxyl groups is 2. The first-order valence-electron chi connectivity index (χ1n) is 14.5. The van der Waals surface area contributed by atoms with E-state index < -0.39 is 9.84 Å². The lowest BCUT2D eigenvalue weighted by atomic mass is 10.2. The molecule has 0 saturated heterocycles. The SMILES string of the molecule is CCOCC.CCOCC.CS(=O)(=O)c1nc(N)cc(Cl)n1.Cl.NC1CCC(O)C1.Nc1cc(Cl)nc(NC2CCC(O)C2)n1. The zero-order chi connectivity index (χ0) is 33.7. The maximum Gasteiger partial charge on any atom is 0.250 e. The van der Waals surface area contributed by atoms with Crippen molar-refractivity contribution >= 4 is 63.0 Å². The molecule has 0 amide bonds. The summed E-state index contributed by atoms with van der Waals surface area (Å²) >= 11 is 11.2. The van der Waals surface area contributed by atoms with Gasteiger partial charge in [0.2, 0.25) is 20.9 Å². The largest absolute Gasteiger partial charge is 0.393 e. The molecular weight excluding hydrogens is 671 g/mol. The maximum atomic E-state index is 10.9. The maximum absolute atomic E-state index is 10.9. The van der Waals surface area contributed by atoms with Crippen molar-refractivity contribution in [2.24, 2.45) is 5.73 Å². The smallest absolute Gasteiger partial charge is 0.250 e. The van der Waals surface area contributed by atoms with Gasteiger partial charge in [-0.2, -0.15) is 4.98 Å². The van der Waals surface area contributed by atoms with E-state index in [1.54, 1.807) is 0 Å². The van der Waals surface area contributed by atoms with E-state index in [2.05, 4.69) is 25.3 Å². The van der Waals surface area contributed by atoms with Crippen molar-refractivity contribution in [3.8, 4) is 0 Å². The summed E-state index contributed by atoms with van der Waals surface area (Å²) in [5, 5.41) is 21.3. The van der Waals surface area contributed by atoms with Crippen LogP contribution >= 0.6 is 35.6 Å². The Balaban J connectivity index is 0. The van der Waals surface area contributed by atoms with Crippen molar-refractivity contribution in [3.05, 3.63) is 22.4 Å². The van der Waals surface area contributed by atoms with E-state index in [1.165, 1.54) is 12.1 Å². The van der Waals surface area contributed by atoms with Crippen LogP contribution in [0.15, 0.2) is 17.3 Å². The van der Waals surface area contributed by atoms with Gasteiger partial charge in [0.25, 0.3) is 0 Å². The summed E-state index contributed by atoms with van der Waals surface area (Å²) in [6, 6.07) is 3.25.